The van der Waals surface area contributed by atoms with Crippen LogP contribution in [-0.2, 0) is 11.3 Å². The van der Waals surface area contributed by atoms with Gasteiger partial charge in [0.05, 0.1) is 12.0 Å². The highest BCUT2D eigenvalue weighted by Gasteiger charge is 2.37. The van der Waals surface area contributed by atoms with E-state index in [1.54, 1.807) is 22.7 Å². The summed E-state index contributed by atoms with van der Waals surface area (Å²) in [5.74, 6) is -0.781. The molecule has 1 aromatic rings. The Bertz CT molecular complexity index is 464. The second kappa shape index (κ2) is 5.94. The number of likely N-dealkylation sites (tertiary alicyclic amines) is 1. The third-order valence-electron chi connectivity index (χ3n) is 3.85. The first-order valence-electron chi connectivity index (χ1n) is 6.75. The van der Waals surface area contributed by atoms with Crippen molar-refractivity contribution in [3.05, 3.63) is 18.5 Å². The molecule has 0 atom stereocenters. The summed E-state index contributed by atoms with van der Waals surface area (Å²) in [5.41, 5.74) is -0.703. The van der Waals surface area contributed by atoms with Gasteiger partial charge in [0.15, 0.2) is 0 Å². The molecule has 1 fully saturated rings. The Morgan fingerprint density at radius 1 is 1.40 bits per heavy atom. The second-order valence-corrected chi connectivity index (χ2v) is 5.35. The van der Waals surface area contributed by atoms with Gasteiger partial charge in [-0.15, -0.1) is 0 Å². The lowest BCUT2D eigenvalue weighted by Crippen LogP contribution is -2.49. The number of carboxylic acids is 1. The van der Waals surface area contributed by atoms with Crippen LogP contribution >= 0.6 is 0 Å². The van der Waals surface area contributed by atoms with Gasteiger partial charge in [0.25, 0.3) is 0 Å². The number of carbonyl (C=O) groups excluding carboxylic acids is 1. The maximum absolute atomic E-state index is 11.9. The number of carbonyl (C=O) groups is 2. The van der Waals surface area contributed by atoms with E-state index in [0.29, 0.717) is 39.0 Å². The number of amides is 2. The van der Waals surface area contributed by atoms with E-state index in [0.717, 1.165) is 0 Å². The largest absolute Gasteiger partial charge is 0.481 e. The van der Waals surface area contributed by atoms with Crippen LogP contribution in [0, 0.1) is 5.41 Å². The Morgan fingerprint density at radius 2 is 2.10 bits per heavy atom. The molecule has 2 amide bonds. The van der Waals surface area contributed by atoms with E-state index in [2.05, 4.69) is 10.4 Å². The topological polar surface area (TPSA) is 87.5 Å². The monoisotopic (exact) mass is 280 g/mol. The van der Waals surface area contributed by atoms with Gasteiger partial charge in [-0.25, -0.2) is 4.79 Å². The maximum atomic E-state index is 11.9. The van der Waals surface area contributed by atoms with Crippen molar-refractivity contribution in [2.75, 3.05) is 19.6 Å². The number of nitrogens with zero attached hydrogens (tertiary/aromatic N) is 3. The fourth-order valence-corrected chi connectivity index (χ4v) is 2.24. The van der Waals surface area contributed by atoms with E-state index >= 15 is 0 Å². The summed E-state index contributed by atoms with van der Waals surface area (Å²) in [6, 6.07) is 1.70. The molecule has 0 radical (unpaired) electrons. The molecule has 2 heterocycles. The number of urea groups is 1. The summed E-state index contributed by atoms with van der Waals surface area (Å²) in [6.07, 6.45) is 4.52. The molecule has 0 bridgehead atoms. The number of rotatable bonds is 4. The van der Waals surface area contributed by atoms with Crippen molar-refractivity contribution in [3.63, 3.8) is 0 Å². The predicted molar refractivity (Wildman–Crippen MR) is 72.2 cm³/mol. The number of carboxylic acid groups (broad SMARTS) is 1. The van der Waals surface area contributed by atoms with Crippen LogP contribution in [0.5, 0.6) is 0 Å². The first kappa shape index (κ1) is 14.4. The highest BCUT2D eigenvalue weighted by molar-refractivity contribution is 5.76. The summed E-state index contributed by atoms with van der Waals surface area (Å²) in [4.78, 5) is 24.7. The number of hydrogen-bond donors (Lipinski definition) is 2. The van der Waals surface area contributed by atoms with E-state index in [4.69, 9.17) is 5.11 Å². The number of piperidine rings is 1. The highest BCUT2D eigenvalue weighted by atomic mass is 16.4. The van der Waals surface area contributed by atoms with Gasteiger partial charge in [-0.2, -0.15) is 5.10 Å². The minimum atomic E-state index is -0.781. The molecule has 0 saturated carbocycles. The Hall–Kier alpha value is -2.05. The molecule has 7 nitrogen and oxygen atoms in total. The van der Waals surface area contributed by atoms with Crippen molar-refractivity contribution in [2.45, 2.75) is 26.3 Å². The van der Waals surface area contributed by atoms with Crippen molar-refractivity contribution in [1.82, 2.24) is 20.0 Å². The SMILES string of the molecule is CC1(C(=O)O)CCN(C(=O)NCCn2cccn2)CC1. The molecule has 1 aromatic heterocycles. The minimum absolute atomic E-state index is 0.135. The van der Waals surface area contributed by atoms with Gasteiger partial charge in [-0.1, -0.05) is 0 Å². The quantitative estimate of drug-likeness (QED) is 0.853. The summed E-state index contributed by atoms with van der Waals surface area (Å²) in [6.45, 7) is 3.84. The van der Waals surface area contributed by atoms with Gasteiger partial charge >= 0.3 is 12.0 Å². The molecule has 110 valence electrons. The first-order chi connectivity index (χ1) is 9.51. The van der Waals surface area contributed by atoms with Gasteiger partial charge in [-0.3, -0.25) is 9.48 Å². The van der Waals surface area contributed by atoms with Gasteiger partial charge in [-0.05, 0) is 25.8 Å². The molecule has 20 heavy (non-hydrogen) atoms. The van der Waals surface area contributed by atoms with E-state index in [-0.39, 0.29) is 6.03 Å². The highest BCUT2D eigenvalue weighted by Crippen LogP contribution is 2.30. The Labute approximate surface area is 117 Å². The lowest BCUT2D eigenvalue weighted by Gasteiger charge is -2.36. The van der Waals surface area contributed by atoms with Crippen LogP contribution < -0.4 is 5.32 Å². The third-order valence-corrected chi connectivity index (χ3v) is 3.85. The average Bonchev–Trinajstić information content (AvgIpc) is 2.92. The summed E-state index contributed by atoms with van der Waals surface area (Å²) in [7, 11) is 0. The minimum Gasteiger partial charge on any atom is -0.481 e. The number of hydrogen-bond acceptors (Lipinski definition) is 3. The van der Waals surface area contributed by atoms with Crippen molar-refractivity contribution >= 4 is 12.0 Å². The molecular weight excluding hydrogens is 260 g/mol. The van der Waals surface area contributed by atoms with Crippen LogP contribution in [0.1, 0.15) is 19.8 Å². The fourth-order valence-electron chi connectivity index (χ4n) is 2.24. The zero-order chi connectivity index (χ0) is 14.6. The maximum Gasteiger partial charge on any atom is 0.317 e. The van der Waals surface area contributed by atoms with Gasteiger partial charge in [0.2, 0.25) is 0 Å². The average molecular weight is 280 g/mol. The van der Waals surface area contributed by atoms with Crippen LogP contribution in [0.3, 0.4) is 0 Å². The summed E-state index contributed by atoms with van der Waals surface area (Å²) < 4.78 is 1.75. The molecule has 2 N–H and O–H groups in total. The normalized spacial score (nSPS) is 17.8. The standard InChI is InChI=1S/C13H20N4O3/c1-13(11(18)19)3-8-16(9-4-13)12(20)14-6-10-17-7-2-5-15-17/h2,5,7H,3-4,6,8-10H2,1H3,(H,14,20)(H,18,19). The van der Waals surface area contributed by atoms with Gasteiger partial charge < -0.3 is 15.3 Å². The summed E-state index contributed by atoms with van der Waals surface area (Å²) in [5, 5.41) is 16.0. The number of aromatic nitrogens is 2. The lowest BCUT2D eigenvalue weighted by atomic mass is 9.80. The Kier molecular flexibility index (Phi) is 4.26. The van der Waals surface area contributed by atoms with Crippen molar-refractivity contribution in [1.29, 1.82) is 0 Å². The number of aliphatic carboxylic acids is 1. The number of nitrogens with one attached hydrogen (secondary N) is 1. The van der Waals surface area contributed by atoms with E-state index in [9.17, 15) is 9.59 Å². The van der Waals surface area contributed by atoms with E-state index in [1.807, 2.05) is 12.3 Å². The lowest BCUT2D eigenvalue weighted by molar-refractivity contribution is -0.150. The molecule has 1 saturated heterocycles. The van der Waals surface area contributed by atoms with Crippen LogP contribution in [0.25, 0.3) is 0 Å². The van der Waals surface area contributed by atoms with Crippen molar-refractivity contribution in [2.24, 2.45) is 5.41 Å². The fraction of sp³-hybridized carbons (Fsp3) is 0.615. The third kappa shape index (κ3) is 3.28. The van der Waals surface area contributed by atoms with Crippen LogP contribution in [0.2, 0.25) is 0 Å². The molecular formula is C13H20N4O3. The first-order valence-corrected chi connectivity index (χ1v) is 6.75. The molecule has 0 aliphatic carbocycles. The van der Waals surface area contributed by atoms with E-state index in [1.165, 1.54) is 0 Å². The summed E-state index contributed by atoms with van der Waals surface area (Å²) >= 11 is 0. The van der Waals surface area contributed by atoms with Crippen LogP contribution in [0.4, 0.5) is 4.79 Å². The molecule has 0 spiro atoms. The molecule has 1 aliphatic rings. The zero-order valence-corrected chi connectivity index (χ0v) is 11.6. The van der Waals surface area contributed by atoms with Gasteiger partial charge in [0, 0.05) is 32.0 Å². The Morgan fingerprint density at radius 3 is 2.65 bits per heavy atom. The molecule has 7 heteroatoms. The molecule has 0 unspecified atom stereocenters. The smallest absolute Gasteiger partial charge is 0.317 e. The predicted octanol–water partition coefficient (Wildman–Crippen LogP) is 0.779. The zero-order valence-electron chi connectivity index (χ0n) is 11.6. The Balaban J connectivity index is 1.73. The molecule has 2 rings (SSSR count). The molecule has 1 aliphatic heterocycles. The van der Waals surface area contributed by atoms with E-state index < -0.39 is 11.4 Å². The van der Waals surface area contributed by atoms with Crippen molar-refractivity contribution in [3.8, 4) is 0 Å². The molecule has 0 aromatic carbocycles. The van der Waals surface area contributed by atoms with Crippen molar-refractivity contribution < 1.29 is 14.7 Å². The van der Waals surface area contributed by atoms with Gasteiger partial charge in [0.1, 0.15) is 0 Å². The van der Waals surface area contributed by atoms with Crippen LogP contribution in [0.15, 0.2) is 18.5 Å². The second-order valence-electron chi connectivity index (χ2n) is 5.35. The van der Waals surface area contributed by atoms with Crippen LogP contribution in [-0.4, -0.2) is 51.4 Å².